The molecule has 0 bridgehead atoms. The van der Waals surface area contributed by atoms with Crippen molar-refractivity contribution < 1.29 is 9.47 Å². The van der Waals surface area contributed by atoms with Gasteiger partial charge in [0, 0.05) is 24.0 Å². The van der Waals surface area contributed by atoms with Crippen LogP contribution in [0.4, 0.5) is 0 Å². The van der Waals surface area contributed by atoms with Gasteiger partial charge in [-0.2, -0.15) is 0 Å². The van der Waals surface area contributed by atoms with Crippen molar-refractivity contribution in [2.24, 2.45) is 0 Å². The van der Waals surface area contributed by atoms with Crippen LogP contribution in [0.3, 0.4) is 0 Å². The van der Waals surface area contributed by atoms with Crippen molar-refractivity contribution in [2.75, 3.05) is 21.3 Å². The van der Waals surface area contributed by atoms with Crippen molar-refractivity contribution in [1.82, 2.24) is 10.3 Å². The fraction of sp³-hybridized carbons (Fsp3) is 0.312. The van der Waals surface area contributed by atoms with E-state index in [1.54, 1.807) is 20.4 Å². The molecule has 0 spiro atoms. The number of nitrogens with zero attached hydrogens (tertiary/aromatic N) is 1. The van der Waals surface area contributed by atoms with Crippen LogP contribution in [0.25, 0.3) is 0 Å². The van der Waals surface area contributed by atoms with E-state index in [0.717, 1.165) is 22.6 Å². The molecule has 1 heterocycles. The van der Waals surface area contributed by atoms with Crippen molar-refractivity contribution in [2.45, 2.75) is 13.0 Å². The van der Waals surface area contributed by atoms with E-state index in [9.17, 15) is 0 Å². The lowest BCUT2D eigenvalue weighted by molar-refractivity contribution is 0.388. The lowest BCUT2D eigenvalue weighted by Gasteiger charge is -2.21. The Labute approximate surface area is 119 Å². The maximum atomic E-state index is 5.49. The minimum absolute atomic E-state index is 0.0320. The van der Waals surface area contributed by atoms with Crippen LogP contribution in [-0.4, -0.2) is 26.3 Å². The zero-order valence-corrected chi connectivity index (χ0v) is 12.3. The third-order valence-corrected chi connectivity index (χ3v) is 3.43. The van der Waals surface area contributed by atoms with Gasteiger partial charge in [0.25, 0.3) is 0 Å². The summed E-state index contributed by atoms with van der Waals surface area (Å²) in [6.45, 7) is 2.08. The van der Waals surface area contributed by atoms with Crippen molar-refractivity contribution in [3.8, 4) is 11.5 Å². The molecule has 0 aliphatic heterocycles. The summed E-state index contributed by atoms with van der Waals surface area (Å²) in [6.07, 6.45) is 3.69. The van der Waals surface area contributed by atoms with E-state index in [4.69, 9.17) is 9.47 Å². The third kappa shape index (κ3) is 2.75. The number of benzene rings is 1. The van der Waals surface area contributed by atoms with Gasteiger partial charge in [0.1, 0.15) is 11.5 Å². The quantitative estimate of drug-likeness (QED) is 0.909. The first-order valence-electron chi connectivity index (χ1n) is 6.51. The number of hydrogen-bond acceptors (Lipinski definition) is 4. The predicted molar refractivity (Wildman–Crippen MR) is 79.4 cm³/mol. The Morgan fingerprint density at radius 2 is 1.90 bits per heavy atom. The van der Waals surface area contributed by atoms with Crippen molar-refractivity contribution >= 4 is 0 Å². The minimum atomic E-state index is 0.0320. The third-order valence-electron chi connectivity index (χ3n) is 3.43. The molecule has 0 saturated carbocycles. The molecule has 1 unspecified atom stereocenters. The molecule has 1 aromatic heterocycles. The minimum Gasteiger partial charge on any atom is -0.497 e. The molecule has 20 heavy (non-hydrogen) atoms. The van der Waals surface area contributed by atoms with E-state index in [1.165, 1.54) is 5.56 Å². The van der Waals surface area contributed by atoms with E-state index in [0.29, 0.717) is 0 Å². The summed E-state index contributed by atoms with van der Waals surface area (Å²) in [7, 11) is 5.25. The molecule has 0 saturated heterocycles. The summed E-state index contributed by atoms with van der Waals surface area (Å²) in [4.78, 5) is 4.22. The van der Waals surface area contributed by atoms with E-state index in [1.807, 2.05) is 37.5 Å². The average Bonchev–Trinajstić information content (AvgIpc) is 2.50. The lowest BCUT2D eigenvalue weighted by atomic mass is 9.96. The van der Waals surface area contributed by atoms with Gasteiger partial charge in [-0.05, 0) is 43.3 Å². The highest BCUT2D eigenvalue weighted by molar-refractivity contribution is 5.46. The number of methoxy groups -OCH3 is 2. The Balaban J connectivity index is 2.49. The summed E-state index contributed by atoms with van der Waals surface area (Å²) >= 11 is 0. The topological polar surface area (TPSA) is 43.4 Å². The summed E-state index contributed by atoms with van der Waals surface area (Å²) in [5, 5.41) is 3.33. The summed E-state index contributed by atoms with van der Waals surface area (Å²) in [6, 6.07) is 7.89. The Morgan fingerprint density at radius 1 is 1.10 bits per heavy atom. The molecule has 1 atom stereocenters. The van der Waals surface area contributed by atoms with Crippen LogP contribution in [0.15, 0.2) is 36.7 Å². The number of aryl methyl sites for hydroxylation is 1. The molecule has 0 aliphatic rings. The molecule has 2 rings (SSSR count). The van der Waals surface area contributed by atoms with Gasteiger partial charge in [0.15, 0.2) is 0 Å². The van der Waals surface area contributed by atoms with Crippen LogP contribution < -0.4 is 14.8 Å². The fourth-order valence-corrected chi connectivity index (χ4v) is 2.31. The highest BCUT2D eigenvalue weighted by Crippen LogP contribution is 2.33. The van der Waals surface area contributed by atoms with Gasteiger partial charge < -0.3 is 14.8 Å². The van der Waals surface area contributed by atoms with Gasteiger partial charge in [0.2, 0.25) is 0 Å². The lowest BCUT2D eigenvalue weighted by Crippen LogP contribution is -2.19. The zero-order valence-electron chi connectivity index (χ0n) is 12.3. The van der Waals surface area contributed by atoms with E-state index >= 15 is 0 Å². The molecule has 4 nitrogen and oxygen atoms in total. The van der Waals surface area contributed by atoms with Gasteiger partial charge in [-0.25, -0.2) is 0 Å². The molecule has 106 valence electrons. The molecule has 0 fully saturated rings. The predicted octanol–water partition coefficient (Wildman–Crippen LogP) is 2.72. The first-order valence-corrected chi connectivity index (χ1v) is 6.51. The van der Waals surface area contributed by atoms with E-state index in [2.05, 4.69) is 17.2 Å². The number of pyridine rings is 1. The monoisotopic (exact) mass is 272 g/mol. The molecule has 2 aromatic rings. The second-order valence-electron chi connectivity index (χ2n) is 4.56. The SMILES string of the molecule is CNC(c1cnccc1C)c1ccc(OC)cc1OC. The van der Waals surface area contributed by atoms with E-state index in [-0.39, 0.29) is 6.04 Å². The van der Waals surface area contributed by atoms with Crippen molar-refractivity contribution in [1.29, 1.82) is 0 Å². The van der Waals surface area contributed by atoms with Gasteiger partial charge in [-0.1, -0.05) is 0 Å². The van der Waals surface area contributed by atoms with Gasteiger partial charge in [-0.3, -0.25) is 4.98 Å². The Morgan fingerprint density at radius 3 is 2.50 bits per heavy atom. The van der Waals surface area contributed by atoms with Crippen LogP contribution in [0.2, 0.25) is 0 Å². The molecule has 1 N–H and O–H groups in total. The standard InChI is InChI=1S/C16H20N2O2/c1-11-7-8-18-10-14(11)16(17-2)13-6-5-12(19-3)9-15(13)20-4/h5-10,16-17H,1-4H3. The Hall–Kier alpha value is -2.07. The molecule has 0 amide bonds. The smallest absolute Gasteiger partial charge is 0.127 e. The second-order valence-corrected chi connectivity index (χ2v) is 4.56. The maximum Gasteiger partial charge on any atom is 0.127 e. The number of hydrogen-bond donors (Lipinski definition) is 1. The molecule has 0 aliphatic carbocycles. The highest BCUT2D eigenvalue weighted by Gasteiger charge is 2.19. The van der Waals surface area contributed by atoms with Crippen LogP contribution in [-0.2, 0) is 0 Å². The van der Waals surface area contributed by atoms with E-state index < -0.39 is 0 Å². The zero-order chi connectivity index (χ0) is 14.5. The second kappa shape index (κ2) is 6.39. The van der Waals surface area contributed by atoms with Crippen LogP contribution in [0.5, 0.6) is 11.5 Å². The van der Waals surface area contributed by atoms with Crippen LogP contribution in [0, 0.1) is 6.92 Å². The molecular weight excluding hydrogens is 252 g/mol. The summed E-state index contributed by atoms with van der Waals surface area (Å²) < 4.78 is 10.7. The number of nitrogens with one attached hydrogen (secondary N) is 1. The molecule has 4 heteroatoms. The van der Waals surface area contributed by atoms with Gasteiger partial charge >= 0.3 is 0 Å². The Kier molecular flexibility index (Phi) is 4.58. The normalized spacial score (nSPS) is 12.0. The number of aromatic nitrogens is 1. The number of rotatable bonds is 5. The average molecular weight is 272 g/mol. The van der Waals surface area contributed by atoms with Gasteiger partial charge in [-0.15, -0.1) is 0 Å². The first kappa shape index (κ1) is 14.3. The number of ether oxygens (including phenoxy) is 2. The van der Waals surface area contributed by atoms with Gasteiger partial charge in [0.05, 0.1) is 20.3 Å². The largest absolute Gasteiger partial charge is 0.497 e. The first-order chi connectivity index (χ1) is 9.71. The van der Waals surface area contributed by atoms with Crippen molar-refractivity contribution in [3.63, 3.8) is 0 Å². The Bertz CT molecular complexity index is 584. The highest BCUT2D eigenvalue weighted by atomic mass is 16.5. The van der Waals surface area contributed by atoms with Crippen molar-refractivity contribution in [3.05, 3.63) is 53.3 Å². The van der Waals surface area contributed by atoms with Crippen LogP contribution in [0.1, 0.15) is 22.7 Å². The molecule has 0 radical (unpaired) electrons. The molecule has 1 aromatic carbocycles. The summed E-state index contributed by atoms with van der Waals surface area (Å²) in [5.74, 6) is 1.58. The maximum absolute atomic E-state index is 5.49. The fourth-order valence-electron chi connectivity index (χ4n) is 2.31. The molecular formula is C16H20N2O2. The summed E-state index contributed by atoms with van der Waals surface area (Å²) in [5.41, 5.74) is 3.39. The van der Waals surface area contributed by atoms with Crippen LogP contribution >= 0.6 is 0 Å².